The van der Waals surface area contributed by atoms with Crippen molar-refractivity contribution in [3.8, 4) is 0 Å². The normalized spacial score (nSPS) is 29.8. The maximum Gasteiger partial charge on any atom is 0.254 e. The van der Waals surface area contributed by atoms with Crippen molar-refractivity contribution < 1.29 is 14.3 Å². The first-order valence-corrected chi connectivity index (χ1v) is 7.19. The topological polar surface area (TPSA) is 40.5 Å². The van der Waals surface area contributed by atoms with Gasteiger partial charge in [-0.05, 0) is 43.4 Å². The molecule has 1 aromatic rings. The van der Waals surface area contributed by atoms with Gasteiger partial charge in [-0.2, -0.15) is 0 Å². The van der Waals surface area contributed by atoms with Gasteiger partial charge in [0.25, 0.3) is 5.91 Å². The van der Waals surface area contributed by atoms with E-state index in [1.54, 1.807) is 17.9 Å². The summed E-state index contributed by atoms with van der Waals surface area (Å²) in [6.45, 7) is 4.71. The second kappa shape index (κ2) is 4.55. The molecule has 1 saturated heterocycles. The number of likely N-dealkylation sites (tertiary alicyclic amines) is 1. The highest BCUT2D eigenvalue weighted by Crippen LogP contribution is 2.47. The number of carbonyl (C=O) groups is 1. The van der Waals surface area contributed by atoms with E-state index in [1.807, 2.05) is 6.92 Å². The summed E-state index contributed by atoms with van der Waals surface area (Å²) in [5.74, 6) is -0.175. The van der Waals surface area contributed by atoms with Crippen LogP contribution in [0.2, 0.25) is 0 Å². The van der Waals surface area contributed by atoms with E-state index in [0.29, 0.717) is 24.6 Å². The average molecular weight is 277 g/mol. The molecule has 0 bridgehead atoms. The van der Waals surface area contributed by atoms with Crippen molar-refractivity contribution >= 4 is 5.91 Å². The minimum atomic E-state index is -0.753. The number of hydrogen-bond acceptors (Lipinski definition) is 2. The molecule has 2 aliphatic rings. The van der Waals surface area contributed by atoms with Crippen molar-refractivity contribution in [1.29, 1.82) is 0 Å². The van der Waals surface area contributed by atoms with E-state index in [9.17, 15) is 14.3 Å². The molecule has 1 aliphatic carbocycles. The molecule has 0 aromatic heterocycles. The molecule has 0 radical (unpaired) electrons. The Labute approximate surface area is 118 Å². The van der Waals surface area contributed by atoms with Crippen LogP contribution in [0.4, 0.5) is 4.39 Å². The van der Waals surface area contributed by atoms with Crippen molar-refractivity contribution in [1.82, 2.24) is 4.90 Å². The van der Waals surface area contributed by atoms with Gasteiger partial charge in [-0.15, -0.1) is 0 Å². The first kappa shape index (κ1) is 13.6. The molecule has 0 spiro atoms. The Balaban J connectivity index is 1.83. The lowest BCUT2D eigenvalue weighted by molar-refractivity contribution is -0.00365. The van der Waals surface area contributed by atoms with E-state index in [0.717, 1.165) is 18.4 Å². The number of aryl methyl sites for hydroxylation is 1. The third-order valence-corrected chi connectivity index (χ3v) is 4.79. The maximum atomic E-state index is 13.3. The van der Waals surface area contributed by atoms with Crippen molar-refractivity contribution in [3.05, 3.63) is 35.1 Å². The molecule has 1 amide bonds. The van der Waals surface area contributed by atoms with E-state index in [1.165, 1.54) is 12.1 Å². The summed E-state index contributed by atoms with van der Waals surface area (Å²) >= 11 is 0. The fraction of sp³-hybridized carbons (Fsp3) is 0.562. The Kier molecular flexibility index (Phi) is 3.09. The Bertz CT molecular complexity index is 555. The molecule has 108 valence electrons. The predicted molar refractivity (Wildman–Crippen MR) is 73.9 cm³/mol. The molecule has 3 nitrogen and oxygen atoms in total. The van der Waals surface area contributed by atoms with Crippen LogP contribution in [0.3, 0.4) is 0 Å². The number of β-amino-alcohol motifs (C(OH)–C–C–N with tert-alkyl or cyclic N) is 1. The van der Waals surface area contributed by atoms with Gasteiger partial charge in [-0.1, -0.05) is 13.0 Å². The SMILES string of the molecule is Cc1ccc(F)cc1C(=O)N1C[C@@H](C)[C@](O)(C2CC2)C1. The molecule has 4 heteroatoms. The lowest BCUT2D eigenvalue weighted by Gasteiger charge is -2.26. The summed E-state index contributed by atoms with van der Waals surface area (Å²) < 4.78 is 13.3. The van der Waals surface area contributed by atoms with E-state index >= 15 is 0 Å². The van der Waals surface area contributed by atoms with Crippen LogP contribution in [0.25, 0.3) is 0 Å². The number of aliphatic hydroxyl groups is 1. The van der Waals surface area contributed by atoms with Gasteiger partial charge in [0.1, 0.15) is 5.82 Å². The van der Waals surface area contributed by atoms with Gasteiger partial charge < -0.3 is 10.0 Å². The Morgan fingerprint density at radius 3 is 2.80 bits per heavy atom. The second-order valence-electron chi connectivity index (χ2n) is 6.31. The summed E-state index contributed by atoms with van der Waals surface area (Å²) in [4.78, 5) is 14.2. The molecule has 1 saturated carbocycles. The molecular formula is C16H20FNO2. The standard InChI is InChI=1S/C16H20FNO2/c1-10-3-6-13(17)7-14(10)15(19)18-8-11(2)16(20,9-18)12-4-5-12/h3,6-7,11-12,20H,4-5,8-9H2,1-2H3/t11-,16+/m1/s1. The highest BCUT2D eigenvalue weighted by atomic mass is 19.1. The van der Waals surface area contributed by atoms with Gasteiger partial charge in [-0.3, -0.25) is 4.79 Å². The van der Waals surface area contributed by atoms with Crippen LogP contribution in [-0.2, 0) is 0 Å². The molecular weight excluding hydrogens is 257 g/mol. The van der Waals surface area contributed by atoms with Gasteiger partial charge in [0.15, 0.2) is 0 Å². The zero-order valence-corrected chi connectivity index (χ0v) is 11.9. The number of amides is 1. The quantitative estimate of drug-likeness (QED) is 0.901. The molecule has 3 rings (SSSR count). The van der Waals surface area contributed by atoms with Crippen LogP contribution in [0.5, 0.6) is 0 Å². The Hall–Kier alpha value is -1.42. The lowest BCUT2D eigenvalue weighted by Crippen LogP contribution is -2.40. The molecule has 1 N–H and O–H groups in total. The molecule has 1 heterocycles. The van der Waals surface area contributed by atoms with Gasteiger partial charge in [0, 0.05) is 18.0 Å². The average Bonchev–Trinajstić information content (AvgIpc) is 3.20. The number of rotatable bonds is 2. The third kappa shape index (κ3) is 2.12. The predicted octanol–water partition coefficient (Wildman–Crippen LogP) is 2.37. The monoisotopic (exact) mass is 277 g/mol. The van der Waals surface area contributed by atoms with Gasteiger partial charge in [-0.25, -0.2) is 4.39 Å². The first-order valence-electron chi connectivity index (χ1n) is 7.19. The minimum absolute atomic E-state index is 0.0767. The minimum Gasteiger partial charge on any atom is -0.387 e. The summed E-state index contributed by atoms with van der Waals surface area (Å²) in [5, 5.41) is 10.7. The Morgan fingerprint density at radius 1 is 1.45 bits per heavy atom. The number of carbonyl (C=O) groups excluding carboxylic acids is 1. The number of nitrogens with zero attached hydrogens (tertiary/aromatic N) is 1. The fourth-order valence-electron chi connectivity index (χ4n) is 3.28. The summed E-state index contributed by atoms with van der Waals surface area (Å²) in [6.07, 6.45) is 2.09. The van der Waals surface area contributed by atoms with Crippen molar-refractivity contribution in [2.75, 3.05) is 13.1 Å². The number of benzene rings is 1. The Morgan fingerprint density at radius 2 is 2.15 bits per heavy atom. The van der Waals surface area contributed by atoms with Crippen molar-refractivity contribution in [3.63, 3.8) is 0 Å². The van der Waals surface area contributed by atoms with E-state index in [2.05, 4.69) is 0 Å². The second-order valence-corrected chi connectivity index (χ2v) is 6.31. The zero-order valence-electron chi connectivity index (χ0n) is 11.9. The highest BCUT2D eigenvalue weighted by molar-refractivity contribution is 5.96. The van der Waals surface area contributed by atoms with E-state index in [4.69, 9.17) is 0 Å². The molecule has 20 heavy (non-hydrogen) atoms. The van der Waals surface area contributed by atoms with Crippen LogP contribution in [0.1, 0.15) is 35.7 Å². The van der Waals surface area contributed by atoms with Gasteiger partial charge in [0.05, 0.1) is 12.1 Å². The smallest absolute Gasteiger partial charge is 0.254 e. The summed E-state index contributed by atoms with van der Waals surface area (Å²) in [6, 6.07) is 4.27. The van der Waals surface area contributed by atoms with Crippen molar-refractivity contribution in [2.45, 2.75) is 32.3 Å². The molecule has 1 aliphatic heterocycles. The number of halogens is 1. The zero-order chi connectivity index (χ0) is 14.5. The maximum absolute atomic E-state index is 13.3. The van der Waals surface area contributed by atoms with Gasteiger partial charge >= 0.3 is 0 Å². The first-order chi connectivity index (χ1) is 9.41. The van der Waals surface area contributed by atoms with E-state index in [-0.39, 0.29) is 11.8 Å². The van der Waals surface area contributed by atoms with Crippen LogP contribution in [0, 0.1) is 24.6 Å². The van der Waals surface area contributed by atoms with Gasteiger partial charge in [0.2, 0.25) is 0 Å². The fourth-order valence-corrected chi connectivity index (χ4v) is 3.28. The molecule has 1 aromatic carbocycles. The highest BCUT2D eigenvalue weighted by Gasteiger charge is 2.53. The lowest BCUT2D eigenvalue weighted by atomic mass is 9.88. The van der Waals surface area contributed by atoms with Crippen LogP contribution in [0.15, 0.2) is 18.2 Å². The largest absolute Gasteiger partial charge is 0.387 e. The summed E-state index contributed by atoms with van der Waals surface area (Å²) in [7, 11) is 0. The molecule has 0 unspecified atom stereocenters. The van der Waals surface area contributed by atoms with Crippen molar-refractivity contribution in [2.24, 2.45) is 11.8 Å². The van der Waals surface area contributed by atoms with E-state index < -0.39 is 11.4 Å². The summed E-state index contributed by atoms with van der Waals surface area (Å²) in [5.41, 5.74) is 0.417. The van der Waals surface area contributed by atoms with Crippen LogP contribution in [-0.4, -0.2) is 34.6 Å². The van der Waals surface area contributed by atoms with Crippen LogP contribution >= 0.6 is 0 Å². The number of hydrogen-bond donors (Lipinski definition) is 1. The van der Waals surface area contributed by atoms with Crippen LogP contribution < -0.4 is 0 Å². The molecule has 2 atom stereocenters. The third-order valence-electron chi connectivity index (χ3n) is 4.79. The molecule has 2 fully saturated rings.